The fourth-order valence-corrected chi connectivity index (χ4v) is 0.179. The average Bonchev–Trinajstić information content (AvgIpc) is 1.81. The molecule has 0 fully saturated rings. The van der Waals surface area contributed by atoms with Crippen LogP contribution in [0.15, 0.2) is 0 Å². The number of nitrogens with zero attached hydrogens (tertiary/aromatic N) is 4. The molecule has 12 heteroatoms. The molecular formula is N4O7Pt. The van der Waals surface area contributed by atoms with Gasteiger partial charge in [0.15, 0.2) is 0 Å². The van der Waals surface area contributed by atoms with Crippen molar-refractivity contribution in [3.8, 4) is 0 Å². The van der Waals surface area contributed by atoms with Crippen molar-refractivity contribution < 1.29 is 41.2 Å². The molecule has 0 unspecified atom stereocenters. The van der Waals surface area contributed by atoms with Crippen molar-refractivity contribution in [2.45, 2.75) is 0 Å². The topological polar surface area (TPSA) is 142 Å². The van der Waals surface area contributed by atoms with Gasteiger partial charge in [-0.1, -0.05) is 4.94 Å². The predicted octanol–water partition coefficient (Wildman–Crippen LogP) is -1.21. The molecule has 0 atom stereocenters. The van der Waals surface area contributed by atoms with E-state index in [4.69, 9.17) is 0 Å². The minimum atomic E-state index is -1.69. The Morgan fingerprint density at radius 1 is 1.00 bits per heavy atom. The molecule has 0 amide bonds. The fraction of sp³-hybridized carbons (Fsp3) is 0. The Hall–Kier alpha value is -1.51. The van der Waals surface area contributed by atoms with Gasteiger partial charge < -0.3 is 0 Å². The zero-order chi connectivity index (χ0) is 9.02. The SMILES string of the molecule is O=[N+]([O-])ON([N+](=O)[O-])[N+](=O)[O-].[Pt]. The van der Waals surface area contributed by atoms with Gasteiger partial charge in [0.05, 0.1) is 0 Å². The second-order valence-electron chi connectivity index (χ2n) is 1.03. The zero-order valence-electron chi connectivity index (χ0n) is 4.96. The Morgan fingerprint density at radius 2 is 1.33 bits per heavy atom. The van der Waals surface area contributed by atoms with E-state index in [0.29, 0.717) is 0 Å². The first kappa shape index (κ1) is 13.1. The maximum atomic E-state index is 9.54. The van der Waals surface area contributed by atoms with Crippen LogP contribution in [0.5, 0.6) is 0 Å². The maximum absolute atomic E-state index is 9.54. The van der Waals surface area contributed by atoms with E-state index in [-0.39, 0.29) is 21.1 Å². The third-order valence-corrected chi connectivity index (χ3v) is 0.419. The van der Waals surface area contributed by atoms with Gasteiger partial charge in [-0.3, -0.25) is 0 Å². The maximum Gasteiger partial charge on any atom is 0.367 e. The van der Waals surface area contributed by atoms with Crippen molar-refractivity contribution >= 4 is 0 Å². The fourth-order valence-electron chi connectivity index (χ4n) is 0.179. The number of hydrazine groups is 2. The first-order valence-electron chi connectivity index (χ1n) is 1.86. The van der Waals surface area contributed by atoms with Crippen LogP contribution in [-0.2, 0) is 26.0 Å². The molecule has 0 aliphatic carbocycles. The van der Waals surface area contributed by atoms with E-state index >= 15 is 0 Å². The number of hydrogen-bond acceptors (Lipinski definition) is 7. The summed E-state index contributed by atoms with van der Waals surface area (Å²) in [6.07, 6.45) is 0. The van der Waals surface area contributed by atoms with Gasteiger partial charge in [-0.25, -0.2) is 20.2 Å². The van der Waals surface area contributed by atoms with Crippen molar-refractivity contribution in [1.29, 1.82) is 0 Å². The van der Waals surface area contributed by atoms with E-state index in [1.54, 1.807) is 0 Å². The zero-order valence-corrected chi connectivity index (χ0v) is 7.24. The van der Waals surface area contributed by atoms with E-state index in [1.807, 2.05) is 0 Å². The summed E-state index contributed by atoms with van der Waals surface area (Å²) in [4.78, 5) is 31.4. The molecule has 0 saturated heterocycles. The molecule has 0 bridgehead atoms. The summed E-state index contributed by atoms with van der Waals surface area (Å²) in [7, 11) is 0. The van der Waals surface area contributed by atoms with Gasteiger partial charge in [0.25, 0.3) is 10.1 Å². The molecule has 0 radical (unpaired) electrons. The number of hydrogen-bond donors (Lipinski definition) is 0. The molecule has 0 aromatic carbocycles. The molecule has 0 heterocycles. The minimum Gasteiger partial charge on any atom is -0.228 e. The van der Waals surface area contributed by atoms with Crippen molar-refractivity contribution in [1.82, 2.24) is 5.28 Å². The molecule has 0 aliphatic rings. The van der Waals surface area contributed by atoms with Crippen LogP contribution in [0.25, 0.3) is 0 Å². The predicted molar refractivity (Wildman–Crippen MR) is 23.9 cm³/mol. The Morgan fingerprint density at radius 3 is 1.42 bits per heavy atom. The number of nitro groups is 2. The quantitative estimate of drug-likeness (QED) is 0.447. The molecule has 0 aromatic heterocycles. The van der Waals surface area contributed by atoms with Gasteiger partial charge in [-0.2, -0.15) is 0 Å². The molecular weight excluding hydrogens is 363 g/mol. The summed E-state index contributed by atoms with van der Waals surface area (Å²) in [6, 6.07) is 0. The van der Waals surface area contributed by atoms with Crippen LogP contribution in [0.3, 0.4) is 0 Å². The molecule has 12 heavy (non-hydrogen) atoms. The Bertz CT molecular complexity index is 186. The molecule has 0 aromatic rings. The number of rotatable bonds is 4. The molecule has 0 saturated carbocycles. The molecule has 0 spiro atoms. The average molecular weight is 363 g/mol. The second kappa shape index (κ2) is 5.18. The van der Waals surface area contributed by atoms with Crippen LogP contribution in [0.1, 0.15) is 0 Å². The first-order chi connectivity index (χ1) is 4.95. The Labute approximate surface area is 77.4 Å². The second-order valence-corrected chi connectivity index (χ2v) is 1.03. The van der Waals surface area contributed by atoms with Crippen LogP contribution in [0.2, 0.25) is 0 Å². The van der Waals surface area contributed by atoms with Gasteiger partial charge in [0.2, 0.25) is 0 Å². The van der Waals surface area contributed by atoms with E-state index in [9.17, 15) is 30.3 Å². The summed E-state index contributed by atoms with van der Waals surface area (Å²) in [5.41, 5.74) is 0. The van der Waals surface area contributed by atoms with E-state index < -0.39 is 20.4 Å². The van der Waals surface area contributed by atoms with Gasteiger partial charge in [-0.05, 0) is 0 Å². The summed E-state index contributed by atoms with van der Waals surface area (Å²) < 4.78 is 0. The normalized spacial score (nSPS) is 7.67. The smallest absolute Gasteiger partial charge is 0.228 e. The van der Waals surface area contributed by atoms with Gasteiger partial charge >= 0.3 is 10.4 Å². The molecule has 0 rings (SSSR count). The standard InChI is InChI=1S/N4O7.Pt/c5-2(6)1(3(7)8)11-4(9)10;. The summed E-state index contributed by atoms with van der Waals surface area (Å²) in [6.45, 7) is 0. The molecule has 11 nitrogen and oxygen atoms in total. The van der Waals surface area contributed by atoms with E-state index in [0.717, 1.165) is 0 Å². The van der Waals surface area contributed by atoms with Crippen LogP contribution in [-0.4, -0.2) is 20.4 Å². The van der Waals surface area contributed by atoms with E-state index in [2.05, 4.69) is 4.94 Å². The van der Waals surface area contributed by atoms with Crippen molar-refractivity contribution in [2.24, 2.45) is 0 Å². The third-order valence-electron chi connectivity index (χ3n) is 0.419. The van der Waals surface area contributed by atoms with Crippen LogP contribution >= 0.6 is 0 Å². The summed E-state index contributed by atoms with van der Waals surface area (Å²) in [5.74, 6) is 0. The van der Waals surface area contributed by atoms with Crippen molar-refractivity contribution in [3.63, 3.8) is 0 Å². The minimum absolute atomic E-state index is 0. The molecule has 72 valence electrons. The Kier molecular flexibility index (Phi) is 5.66. The van der Waals surface area contributed by atoms with Crippen LogP contribution < -0.4 is 0 Å². The van der Waals surface area contributed by atoms with Crippen molar-refractivity contribution in [2.75, 3.05) is 0 Å². The summed E-state index contributed by atoms with van der Waals surface area (Å²) >= 11 is 0. The largest absolute Gasteiger partial charge is 0.367 e. The monoisotopic (exact) mass is 363 g/mol. The third kappa shape index (κ3) is 4.33. The van der Waals surface area contributed by atoms with Gasteiger partial charge in [0.1, 0.15) is 0 Å². The van der Waals surface area contributed by atoms with Crippen LogP contribution in [0.4, 0.5) is 0 Å². The first-order valence-corrected chi connectivity index (χ1v) is 1.86. The van der Waals surface area contributed by atoms with E-state index in [1.165, 1.54) is 0 Å². The van der Waals surface area contributed by atoms with Gasteiger partial charge in [-0.15, -0.1) is 10.1 Å². The van der Waals surface area contributed by atoms with Crippen LogP contribution in [0, 0.1) is 30.3 Å². The Balaban J connectivity index is 0. The molecule has 0 N–H and O–H groups in total. The molecule has 0 aliphatic heterocycles. The summed E-state index contributed by atoms with van der Waals surface area (Å²) in [5, 5.41) is 22.1. The van der Waals surface area contributed by atoms with Crippen molar-refractivity contribution in [3.05, 3.63) is 30.3 Å². The van der Waals surface area contributed by atoms with Gasteiger partial charge in [0, 0.05) is 21.1 Å².